The van der Waals surface area contributed by atoms with Crippen molar-refractivity contribution in [3.8, 4) is 0 Å². The lowest BCUT2D eigenvalue weighted by Gasteiger charge is -2.04. The Labute approximate surface area is 115 Å². The summed E-state index contributed by atoms with van der Waals surface area (Å²) in [7, 11) is 0. The maximum absolute atomic E-state index is 11.5. The molecule has 0 aromatic carbocycles. The van der Waals surface area contributed by atoms with Crippen molar-refractivity contribution < 1.29 is 19.1 Å². The summed E-state index contributed by atoms with van der Waals surface area (Å²) in [6, 6.07) is 0. The molecule has 0 saturated heterocycles. The number of carbonyl (C=O) groups is 3. The van der Waals surface area contributed by atoms with Crippen LogP contribution in [0.2, 0.25) is 0 Å². The Morgan fingerprint density at radius 3 is 2.65 bits per heavy atom. The number of anilines is 1. The topological polar surface area (TPSA) is 140 Å². The summed E-state index contributed by atoms with van der Waals surface area (Å²) in [4.78, 5) is 33.8. The molecular formula is C11H17N5O4. The van der Waals surface area contributed by atoms with Crippen LogP contribution in [0.3, 0.4) is 0 Å². The predicted octanol–water partition coefficient (Wildman–Crippen LogP) is -0.0344. The molecule has 1 aromatic rings. The highest BCUT2D eigenvalue weighted by Crippen LogP contribution is 2.06. The van der Waals surface area contributed by atoms with E-state index < -0.39 is 17.8 Å². The Morgan fingerprint density at radius 2 is 2.00 bits per heavy atom. The third-order valence-electron chi connectivity index (χ3n) is 2.43. The van der Waals surface area contributed by atoms with E-state index in [2.05, 4.69) is 27.7 Å². The standard InChI is InChI=1S/C11H17N5O4/c1-2-3-4-5-6-20-11(19)10(18)13-9-7(8(12)17)14-16-15-9/h2-6H2,1H3,(H2,12,17)(H2,13,14,15,16,18). The summed E-state index contributed by atoms with van der Waals surface area (Å²) in [5.41, 5.74) is 4.75. The molecule has 0 bridgehead atoms. The number of nitrogens with two attached hydrogens (primary N) is 1. The Hall–Kier alpha value is -2.45. The molecule has 0 spiro atoms. The average molecular weight is 283 g/mol. The minimum absolute atomic E-state index is 0.174. The van der Waals surface area contributed by atoms with Crippen molar-refractivity contribution in [1.29, 1.82) is 0 Å². The number of hydrogen-bond donors (Lipinski definition) is 3. The quantitative estimate of drug-likeness (QED) is 0.364. The van der Waals surface area contributed by atoms with E-state index in [-0.39, 0.29) is 18.1 Å². The van der Waals surface area contributed by atoms with Gasteiger partial charge < -0.3 is 10.5 Å². The number of aromatic nitrogens is 3. The molecule has 0 fully saturated rings. The molecule has 0 radical (unpaired) electrons. The van der Waals surface area contributed by atoms with Crippen LogP contribution >= 0.6 is 0 Å². The zero-order valence-corrected chi connectivity index (χ0v) is 11.1. The van der Waals surface area contributed by atoms with Gasteiger partial charge in [0.15, 0.2) is 11.5 Å². The Kier molecular flexibility index (Phi) is 6.14. The number of H-pyrrole nitrogens is 1. The lowest BCUT2D eigenvalue weighted by atomic mass is 10.2. The highest BCUT2D eigenvalue weighted by molar-refractivity contribution is 6.37. The number of esters is 1. The van der Waals surface area contributed by atoms with Crippen LogP contribution < -0.4 is 11.1 Å². The predicted molar refractivity (Wildman–Crippen MR) is 68.6 cm³/mol. The van der Waals surface area contributed by atoms with Crippen LogP contribution in [0.4, 0.5) is 5.82 Å². The van der Waals surface area contributed by atoms with E-state index in [1.165, 1.54) is 0 Å². The number of amides is 2. The van der Waals surface area contributed by atoms with Gasteiger partial charge in [0, 0.05) is 0 Å². The number of carbonyl (C=O) groups excluding carboxylic acids is 3. The monoisotopic (exact) mass is 283 g/mol. The molecule has 0 saturated carbocycles. The van der Waals surface area contributed by atoms with Gasteiger partial charge in [-0.3, -0.25) is 14.9 Å². The zero-order chi connectivity index (χ0) is 15.0. The molecule has 2 amide bonds. The molecule has 110 valence electrons. The highest BCUT2D eigenvalue weighted by atomic mass is 16.5. The number of rotatable bonds is 7. The van der Waals surface area contributed by atoms with Gasteiger partial charge in [-0.05, 0) is 6.42 Å². The Balaban J connectivity index is 2.40. The van der Waals surface area contributed by atoms with Gasteiger partial charge in [-0.2, -0.15) is 5.21 Å². The van der Waals surface area contributed by atoms with Gasteiger partial charge in [-0.25, -0.2) is 4.79 Å². The normalized spacial score (nSPS) is 10.1. The van der Waals surface area contributed by atoms with Gasteiger partial charge in [0.25, 0.3) is 5.91 Å². The third-order valence-corrected chi connectivity index (χ3v) is 2.43. The number of hydrogen-bond acceptors (Lipinski definition) is 6. The summed E-state index contributed by atoms with van der Waals surface area (Å²) in [6.45, 7) is 2.24. The molecule has 4 N–H and O–H groups in total. The van der Waals surface area contributed by atoms with Crippen LogP contribution in [0, 0.1) is 0 Å². The molecule has 20 heavy (non-hydrogen) atoms. The van der Waals surface area contributed by atoms with Gasteiger partial charge in [-0.15, -0.1) is 10.2 Å². The summed E-state index contributed by atoms with van der Waals surface area (Å²) < 4.78 is 4.77. The summed E-state index contributed by atoms with van der Waals surface area (Å²) in [6.07, 6.45) is 3.74. The number of aromatic amines is 1. The first-order valence-electron chi connectivity index (χ1n) is 6.25. The van der Waals surface area contributed by atoms with E-state index in [0.717, 1.165) is 19.3 Å². The number of ether oxygens (including phenoxy) is 1. The van der Waals surface area contributed by atoms with Gasteiger partial charge in [0.2, 0.25) is 0 Å². The molecule has 1 rings (SSSR count). The van der Waals surface area contributed by atoms with Crippen molar-refractivity contribution in [2.45, 2.75) is 32.6 Å². The second-order valence-corrected chi connectivity index (χ2v) is 4.04. The molecule has 0 aliphatic heterocycles. The van der Waals surface area contributed by atoms with E-state index >= 15 is 0 Å². The first-order valence-corrected chi connectivity index (χ1v) is 6.25. The lowest BCUT2D eigenvalue weighted by Crippen LogP contribution is -2.27. The lowest BCUT2D eigenvalue weighted by molar-refractivity contribution is -0.152. The molecule has 1 aromatic heterocycles. The van der Waals surface area contributed by atoms with Gasteiger partial charge in [-0.1, -0.05) is 26.2 Å². The largest absolute Gasteiger partial charge is 0.459 e. The van der Waals surface area contributed by atoms with Crippen LogP contribution in [-0.4, -0.2) is 39.8 Å². The summed E-state index contributed by atoms with van der Waals surface area (Å²) >= 11 is 0. The first-order chi connectivity index (χ1) is 9.56. The molecule has 0 aliphatic carbocycles. The van der Waals surface area contributed by atoms with Crippen molar-refractivity contribution in [3.63, 3.8) is 0 Å². The van der Waals surface area contributed by atoms with Gasteiger partial charge in [0.05, 0.1) is 6.61 Å². The Morgan fingerprint density at radius 1 is 1.25 bits per heavy atom. The van der Waals surface area contributed by atoms with Gasteiger partial charge >= 0.3 is 11.9 Å². The van der Waals surface area contributed by atoms with Crippen LogP contribution in [0.25, 0.3) is 0 Å². The highest BCUT2D eigenvalue weighted by Gasteiger charge is 2.21. The Bertz CT molecular complexity index is 485. The molecule has 0 atom stereocenters. The van der Waals surface area contributed by atoms with E-state index in [1.54, 1.807) is 0 Å². The van der Waals surface area contributed by atoms with E-state index in [9.17, 15) is 14.4 Å². The van der Waals surface area contributed by atoms with Crippen LogP contribution in [0.1, 0.15) is 43.1 Å². The fourth-order valence-electron chi connectivity index (χ4n) is 1.41. The summed E-state index contributed by atoms with van der Waals surface area (Å²) in [5.74, 6) is -3.15. The van der Waals surface area contributed by atoms with Crippen LogP contribution in [0.5, 0.6) is 0 Å². The van der Waals surface area contributed by atoms with E-state index in [1.807, 2.05) is 0 Å². The number of primary amides is 1. The fraction of sp³-hybridized carbons (Fsp3) is 0.545. The second-order valence-electron chi connectivity index (χ2n) is 4.04. The molecule has 9 heteroatoms. The number of unbranched alkanes of at least 4 members (excludes halogenated alkanes) is 3. The van der Waals surface area contributed by atoms with E-state index in [4.69, 9.17) is 10.5 Å². The fourth-order valence-corrected chi connectivity index (χ4v) is 1.41. The molecule has 0 unspecified atom stereocenters. The van der Waals surface area contributed by atoms with Crippen LogP contribution in [0.15, 0.2) is 0 Å². The second kappa shape index (κ2) is 7.87. The third kappa shape index (κ3) is 4.67. The maximum atomic E-state index is 11.5. The van der Waals surface area contributed by atoms with Crippen molar-refractivity contribution in [2.24, 2.45) is 5.73 Å². The van der Waals surface area contributed by atoms with Crippen molar-refractivity contribution >= 4 is 23.6 Å². The average Bonchev–Trinajstić information content (AvgIpc) is 2.86. The van der Waals surface area contributed by atoms with Crippen molar-refractivity contribution in [3.05, 3.63) is 5.69 Å². The van der Waals surface area contributed by atoms with Crippen molar-refractivity contribution in [1.82, 2.24) is 15.4 Å². The zero-order valence-electron chi connectivity index (χ0n) is 11.1. The van der Waals surface area contributed by atoms with Crippen molar-refractivity contribution in [2.75, 3.05) is 11.9 Å². The van der Waals surface area contributed by atoms with Crippen LogP contribution in [-0.2, 0) is 14.3 Å². The SMILES string of the molecule is CCCCCCOC(=O)C(=O)Nc1n[nH]nc1C(N)=O. The summed E-state index contributed by atoms with van der Waals surface area (Å²) in [5, 5.41) is 11.2. The molecular weight excluding hydrogens is 266 g/mol. The number of nitrogens with zero attached hydrogens (tertiary/aromatic N) is 2. The minimum atomic E-state index is -1.04. The smallest absolute Gasteiger partial charge is 0.397 e. The number of nitrogens with one attached hydrogen (secondary N) is 2. The van der Waals surface area contributed by atoms with E-state index in [0.29, 0.717) is 6.42 Å². The van der Waals surface area contributed by atoms with Gasteiger partial charge in [0.1, 0.15) is 0 Å². The first kappa shape index (κ1) is 15.6. The minimum Gasteiger partial charge on any atom is -0.459 e. The molecule has 0 aliphatic rings. The molecule has 1 heterocycles. The molecule has 9 nitrogen and oxygen atoms in total. The maximum Gasteiger partial charge on any atom is 0.397 e.